The highest BCUT2D eigenvalue weighted by Crippen LogP contribution is 2.21. The van der Waals surface area contributed by atoms with Gasteiger partial charge in [-0.05, 0) is 26.7 Å². The van der Waals surface area contributed by atoms with Crippen molar-refractivity contribution in [3.05, 3.63) is 16.1 Å². The Hall–Kier alpha value is -1.52. The number of likely N-dealkylation sites (tertiary alicyclic amines) is 1. The summed E-state index contributed by atoms with van der Waals surface area (Å²) in [5, 5.41) is 5.89. The van der Waals surface area contributed by atoms with E-state index in [4.69, 9.17) is 0 Å². The zero-order chi connectivity index (χ0) is 20.9. The van der Waals surface area contributed by atoms with Gasteiger partial charge in [0, 0.05) is 23.9 Å². The standard InChI is InChI=1S/C18H30N4O4S2/c1-5-28(25,26)19-10-17(24)22-8-6-7-15(22)13(4)20-16(23)9-14-11-27-18(21-14)12(2)3/h11-13,15,19H,5-10H2,1-4H3,(H,20,23)/t13?,15-/m0/s1. The lowest BCUT2D eigenvalue weighted by atomic mass is 10.1. The topological polar surface area (TPSA) is 108 Å². The van der Waals surface area contributed by atoms with E-state index in [9.17, 15) is 18.0 Å². The summed E-state index contributed by atoms with van der Waals surface area (Å²) in [7, 11) is -3.41. The molecular weight excluding hydrogens is 400 g/mol. The van der Waals surface area contributed by atoms with Gasteiger partial charge in [-0.25, -0.2) is 18.1 Å². The molecule has 0 aromatic carbocycles. The number of thiazole rings is 1. The van der Waals surface area contributed by atoms with Crippen molar-refractivity contribution in [3.8, 4) is 0 Å². The van der Waals surface area contributed by atoms with Crippen molar-refractivity contribution in [2.24, 2.45) is 0 Å². The molecule has 28 heavy (non-hydrogen) atoms. The SMILES string of the molecule is CCS(=O)(=O)NCC(=O)N1CCC[C@H]1C(C)NC(=O)Cc1csc(C(C)C)n1. The minimum absolute atomic E-state index is 0.0642. The van der Waals surface area contributed by atoms with Gasteiger partial charge in [0.2, 0.25) is 21.8 Å². The van der Waals surface area contributed by atoms with E-state index in [1.807, 2.05) is 12.3 Å². The van der Waals surface area contributed by atoms with Gasteiger partial charge in [0.25, 0.3) is 0 Å². The van der Waals surface area contributed by atoms with E-state index in [2.05, 4.69) is 28.9 Å². The molecule has 0 spiro atoms. The zero-order valence-corrected chi connectivity index (χ0v) is 18.5. The molecule has 1 fully saturated rings. The highest BCUT2D eigenvalue weighted by Gasteiger charge is 2.33. The third-order valence-electron chi connectivity index (χ3n) is 4.81. The number of carbonyl (C=O) groups is 2. The van der Waals surface area contributed by atoms with Crippen LogP contribution < -0.4 is 10.0 Å². The lowest BCUT2D eigenvalue weighted by Gasteiger charge is -2.30. The van der Waals surface area contributed by atoms with Gasteiger partial charge in [-0.2, -0.15) is 0 Å². The number of aromatic nitrogens is 1. The van der Waals surface area contributed by atoms with Crippen LogP contribution in [0.5, 0.6) is 0 Å². The van der Waals surface area contributed by atoms with Gasteiger partial charge in [0.15, 0.2) is 0 Å². The summed E-state index contributed by atoms with van der Waals surface area (Å²) in [5.41, 5.74) is 0.756. The number of nitrogens with one attached hydrogen (secondary N) is 2. The van der Waals surface area contributed by atoms with Crippen molar-refractivity contribution in [2.45, 2.75) is 65.0 Å². The van der Waals surface area contributed by atoms with Crippen molar-refractivity contribution < 1.29 is 18.0 Å². The van der Waals surface area contributed by atoms with E-state index in [1.165, 1.54) is 6.92 Å². The first-order valence-electron chi connectivity index (χ1n) is 9.63. The van der Waals surface area contributed by atoms with Crippen LogP contribution in [-0.2, 0) is 26.0 Å². The van der Waals surface area contributed by atoms with Gasteiger partial charge in [0.05, 0.1) is 35.5 Å². The molecular formula is C18H30N4O4S2. The second-order valence-corrected chi connectivity index (χ2v) is 10.4. The van der Waals surface area contributed by atoms with Gasteiger partial charge >= 0.3 is 0 Å². The van der Waals surface area contributed by atoms with Gasteiger partial charge in [-0.1, -0.05) is 13.8 Å². The number of nitrogens with zero attached hydrogens (tertiary/aromatic N) is 2. The summed E-state index contributed by atoms with van der Waals surface area (Å²) in [6, 6.07) is -0.353. The summed E-state index contributed by atoms with van der Waals surface area (Å²) >= 11 is 1.56. The molecule has 0 aliphatic carbocycles. The fourth-order valence-electron chi connectivity index (χ4n) is 3.23. The lowest BCUT2D eigenvalue weighted by Crippen LogP contribution is -2.51. The summed E-state index contributed by atoms with van der Waals surface area (Å²) in [6.45, 7) is 7.86. The molecule has 2 rings (SSSR count). The fourth-order valence-corrected chi connectivity index (χ4v) is 4.61. The minimum Gasteiger partial charge on any atom is -0.351 e. The molecule has 1 saturated heterocycles. The Morgan fingerprint density at radius 3 is 2.68 bits per heavy atom. The van der Waals surface area contributed by atoms with E-state index in [0.717, 1.165) is 23.5 Å². The van der Waals surface area contributed by atoms with Crippen molar-refractivity contribution in [1.29, 1.82) is 0 Å². The van der Waals surface area contributed by atoms with Gasteiger partial charge in [-0.15, -0.1) is 11.3 Å². The number of sulfonamides is 1. The van der Waals surface area contributed by atoms with Crippen LogP contribution in [0.2, 0.25) is 0 Å². The maximum atomic E-state index is 12.4. The second-order valence-electron chi connectivity index (χ2n) is 7.39. The number of hydrogen-bond acceptors (Lipinski definition) is 6. The van der Waals surface area contributed by atoms with Crippen molar-refractivity contribution in [3.63, 3.8) is 0 Å². The van der Waals surface area contributed by atoms with Crippen LogP contribution in [0.1, 0.15) is 57.2 Å². The van der Waals surface area contributed by atoms with Crippen molar-refractivity contribution in [2.75, 3.05) is 18.8 Å². The van der Waals surface area contributed by atoms with Crippen LogP contribution in [0.25, 0.3) is 0 Å². The summed E-state index contributed by atoms with van der Waals surface area (Å²) in [5.74, 6) is -0.115. The Balaban J connectivity index is 1.89. The van der Waals surface area contributed by atoms with Gasteiger partial charge in [-0.3, -0.25) is 9.59 Å². The molecule has 0 radical (unpaired) electrons. The quantitative estimate of drug-likeness (QED) is 0.613. The second kappa shape index (κ2) is 9.80. The molecule has 8 nitrogen and oxygen atoms in total. The molecule has 2 amide bonds. The highest BCUT2D eigenvalue weighted by molar-refractivity contribution is 7.89. The van der Waals surface area contributed by atoms with Crippen LogP contribution in [0.15, 0.2) is 5.38 Å². The number of hydrogen-bond donors (Lipinski definition) is 2. The molecule has 2 atom stereocenters. The predicted octanol–water partition coefficient (Wildman–Crippen LogP) is 1.24. The van der Waals surface area contributed by atoms with E-state index in [-0.39, 0.29) is 42.6 Å². The Morgan fingerprint density at radius 1 is 1.36 bits per heavy atom. The molecule has 0 saturated carbocycles. The first-order chi connectivity index (χ1) is 13.1. The molecule has 158 valence electrons. The number of carbonyl (C=O) groups excluding carboxylic acids is 2. The average Bonchev–Trinajstić information content (AvgIpc) is 3.29. The normalized spacial score (nSPS) is 18.5. The molecule has 1 aromatic rings. The molecule has 1 aliphatic rings. The van der Waals surface area contributed by atoms with Crippen LogP contribution in [0.3, 0.4) is 0 Å². The lowest BCUT2D eigenvalue weighted by molar-refractivity contribution is -0.132. The van der Waals surface area contributed by atoms with Crippen LogP contribution >= 0.6 is 11.3 Å². The molecule has 1 unspecified atom stereocenters. The van der Waals surface area contributed by atoms with E-state index >= 15 is 0 Å². The Morgan fingerprint density at radius 2 is 2.07 bits per heavy atom. The van der Waals surface area contributed by atoms with Crippen LogP contribution in [-0.4, -0.2) is 61.0 Å². The molecule has 10 heteroatoms. The highest BCUT2D eigenvalue weighted by atomic mass is 32.2. The maximum absolute atomic E-state index is 12.4. The summed E-state index contributed by atoms with van der Waals surface area (Å²) in [6.07, 6.45) is 1.83. The Kier molecular flexibility index (Phi) is 7.97. The molecule has 2 heterocycles. The third-order valence-corrected chi connectivity index (χ3v) is 7.35. The van der Waals surface area contributed by atoms with Gasteiger partial charge < -0.3 is 10.2 Å². The number of rotatable bonds is 9. The molecule has 1 aliphatic heterocycles. The molecule has 2 N–H and O–H groups in total. The zero-order valence-electron chi connectivity index (χ0n) is 16.9. The average molecular weight is 431 g/mol. The smallest absolute Gasteiger partial charge is 0.237 e. The maximum Gasteiger partial charge on any atom is 0.237 e. The number of amides is 2. The fraction of sp³-hybridized carbons (Fsp3) is 0.722. The van der Waals surface area contributed by atoms with E-state index in [1.54, 1.807) is 16.2 Å². The first kappa shape index (κ1) is 22.8. The van der Waals surface area contributed by atoms with Crippen LogP contribution in [0.4, 0.5) is 0 Å². The van der Waals surface area contributed by atoms with E-state index in [0.29, 0.717) is 12.5 Å². The van der Waals surface area contributed by atoms with E-state index < -0.39 is 10.0 Å². The Bertz CT molecular complexity index is 791. The predicted molar refractivity (Wildman–Crippen MR) is 110 cm³/mol. The largest absolute Gasteiger partial charge is 0.351 e. The summed E-state index contributed by atoms with van der Waals surface area (Å²) in [4.78, 5) is 31.0. The van der Waals surface area contributed by atoms with Gasteiger partial charge in [0.1, 0.15) is 0 Å². The molecule has 0 bridgehead atoms. The third kappa shape index (κ3) is 6.25. The van der Waals surface area contributed by atoms with Crippen molar-refractivity contribution in [1.82, 2.24) is 19.9 Å². The Labute approximate surface area is 171 Å². The van der Waals surface area contributed by atoms with Crippen molar-refractivity contribution >= 4 is 33.2 Å². The monoisotopic (exact) mass is 430 g/mol. The summed E-state index contributed by atoms with van der Waals surface area (Å²) < 4.78 is 25.4. The van der Waals surface area contributed by atoms with Crippen LogP contribution in [0, 0.1) is 0 Å². The molecule has 1 aromatic heterocycles. The minimum atomic E-state index is -3.41. The first-order valence-corrected chi connectivity index (χ1v) is 12.2.